The zero-order valence-corrected chi connectivity index (χ0v) is 17.9. The number of ether oxygens (including phenoxy) is 1. The Morgan fingerprint density at radius 3 is 2.79 bits per heavy atom. The molecule has 8 nitrogen and oxygen atoms in total. The molecule has 0 saturated heterocycles. The zero-order chi connectivity index (χ0) is 23.3. The summed E-state index contributed by atoms with van der Waals surface area (Å²) in [5.74, 6) is -1.95. The van der Waals surface area contributed by atoms with E-state index >= 15 is 4.39 Å². The molecule has 3 heterocycles. The topological polar surface area (TPSA) is 115 Å². The molecule has 0 amide bonds. The van der Waals surface area contributed by atoms with E-state index in [0.29, 0.717) is 15.7 Å². The van der Waals surface area contributed by atoms with E-state index in [4.69, 9.17) is 9.15 Å². The van der Waals surface area contributed by atoms with Gasteiger partial charge in [-0.25, -0.2) is 18.5 Å². The summed E-state index contributed by atoms with van der Waals surface area (Å²) < 4.78 is 26.6. The highest BCUT2D eigenvalue weighted by Gasteiger charge is 2.22. The van der Waals surface area contributed by atoms with Crippen molar-refractivity contribution in [3.05, 3.63) is 90.7 Å². The number of nitrogens with one attached hydrogen (secondary N) is 1. The number of hydrogen-bond donors (Lipinski definition) is 2. The molecule has 0 unspecified atom stereocenters. The van der Waals surface area contributed by atoms with Gasteiger partial charge in [0.2, 0.25) is 0 Å². The van der Waals surface area contributed by atoms with Crippen molar-refractivity contribution in [1.29, 1.82) is 0 Å². The summed E-state index contributed by atoms with van der Waals surface area (Å²) in [4.78, 5) is 39.6. The largest absolute Gasteiger partial charge is 0.496 e. The number of nitrogens with zero attached hydrogens (tertiary/aromatic N) is 1. The van der Waals surface area contributed by atoms with E-state index in [1.807, 2.05) is 24.3 Å². The number of halogens is 1. The van der Waals surface area contributed by atoms with Gasteiger partial charge < -0.3 is 19.2 Å². The Labute approximate surface area is 188 Å². The van der Waals surface area contributed by atoms with Crippen LogP contribution in [0.1, 0.15) is 20.8 Å². The number of rotatable bonds is 5. The summed E-state index contributed by atoms with van der Waals surface area (Å²) in [6.45, 7) is 0. The molecular formula is C23H15FN2O6S. The number of aromatic carboxylic acids is 1. The number of carboxylic acids is 1. The Bertz CT molecular complexity index is 1680. The van der Waals surface area contributed by atoms with Crippen molar-refractivity contribution in [1.82, 2.24) is 9.55 Å². The second-order valence-electron chi connectivity index (χ2n) is 7.28. The van der Waals surface area contributed by atoms with Gasteiger partial charge in [0.1, 0.15) is 16.2 Å². The van der Waals surface area contributed by atoms with Crippen molar-refractivity contribution in [2.45, 2.75) is 6.42 Å². The fourth-order valence-electron chi connectivity index (χ4n) is 3.87. The number of furan rings is 1. The number of para-hydroxylation sites is 1. The SMILES string of the molecule is COc1cc(F)c(-n2c(=O)[nH]c3csc(C(=O)O)c3c2=O)cc1Cc1coc2ccccc12. The first-order valence-electron chi connectivity index (χ1n) is 9.70. The highest BCUT2D eigenvalue weighted by molar-refractivity contribution is 7.13. The quantitative estimate of drug-likeness (QED) is 0.406. The highest BCUT2D eigenvalue weighted by atomic mass is 32.1. The van der Waals surface area contributed by atoms with Crippen molar-refractivity contribution in [3.8, 4) is 11.4 Å². The fraction of sp³-hybridized carbons (Fsp3) is 0.0870. The molecule has 0 bridgehead atoms. The lowest BCUT2D eigenvalue weighted by Gasteiger charge is -2.13. The van der Waals surface area contributed by atoms with Gasteiger partial charge >= 0.3 is 11.7 Å². The van der Waals surface area contributed by atoms with Crippen molar-refractivity contribution in [2.75, 3.05) is 7.11 Å². The van der Waals surface area contributed by atoms with E-state index in [1.54, 1.807) is 6.26 Å². The maximum Gasteiger partial charge on any atom is 0.346 e. The second kappa shape index (κ2) is 7.75. The Balaban J connectivity index is 1.72. The van der Waals surface area contributed by atoms with Crippen molar-refractivity contribution in [2.24, 2.45) is 0 Å². The third-order valence-electron chi connectivity index (χ3n) is 5.38. The van der Waals surface area contributed by atoms with Gasteiger partial charge in [-0.1, -0.05) is 18.2 Å². The van der Waals surface area contributed by atoms with E-state index in [0.717, 1.165) is 28.4 Å². The number of carboxylic acid groups (broad SMARTS) is 1. The lowest BCUT2D eigenvalue weighted by Crippen LogP contribution is -2.34. The van der Waals surface area contributed by atoms with E-state index in [9.17, 15) is 19.5 Å². The predicted octanol–water partition coefficient (Wildman–Crippen LogP) is 3.92. The standard InChI is InChI=1S/C23H15FN2O6S/c1-31-18-8-14(24)16(7-11(18)6-12-9-32-17-5-3-2-4-13(12)17)26-21(27)19-15(25-23(26)30)10-33-20(19)22(28)29/h2-5,7-10H,6H2,1H3,(H,25,30)(H,28,29). The van der Waals surface area contributed by atoms with Crippen LogP contribution >= 0.6 is 11.3 Å². The van der Waals surface area contributed by atoms with Gasteiger partial charge in [0.15, 0.2) is 5.82 Å². The maximum atomic E-state index is 15.1. The Morgan fingerprint density at radius 1 is 1.24 bits per heavy atom. The first-order valence-corrected chi connectivity index (χ1v) is 10.6. The monoisotopic (exact) mass is 466 g/mol. The lowest BCUT2D eigenvalue weighted by atomic mass is 10.0. The minimum atomic E-state index is -1.31. The van der Waals surface area contributed by atoms with Crippen molar-refractivity contribution < 1.29 is 23.4 Å². The first-order chi connectivity index (χ1) is 15.9. The summed E-state index contributed by atoms with van der Waals surface area (Å²) in [7, 11) is 1.39. The molecular weight excluding hydrogens is 451 g/mol. The second-order valence-corrected chi connectivity index (χ2v) is 8.16. The van der Waals surface area contributed by atoms with Gasteiger partial charge in [0.05, 0.1) is 30.0 Å². The maximum absolute atomic E-state index is 15.1. The summed E-state index contributed by atoms with van der Waals surface area (Å²) in [5.41, 5.74) is -0.0236. The molecule has 10 heteroatoms. The van der Waals surface area contributed by atoms with Gasteiger partial charge in [-0.3, -0.25) is 4.79 Å². The molecule has 0 radical (unpaired) electrons. The molecule has 0 aliphatic heterocycles. The molecule has 5 rings (SSSR count). The smallest absolute Gasteiger partial charge is 0.346 e. The van der Waals surface area contributed by atoms with Crippen LogP contribution in [0.5, 0.6) is 5.75 Å². The third kappa shape index (κ3) is 3.31. The van der Waals surface area contributed by atoms with Gasteiger partial charge in [-0.2, -0.15) is 0 Å². The van der Waals surface area contributed by atoms with Crippen LogP contribution in [0.2, 0.25) is 0 Å². The third-order valence-corrected chi connectivity index (χ3v) is 6.35. The van der Waals surface area contributed by atoms with Crippen LogP contribution in [0.3, 0.4) is 0 Å². The fourth-order valence-corrected chi connectivity index (χ4v) is 4.70. The molecule has 166 valence electrons. The number of hydrogen-bond acceptors (Lipinski definition) is 6. The molecule has 2 N–H and O–H groups in total. The minimum Gasteiger partial charge on any atom is -0.496 e. The van der Waals surface area contributed by atoms with Gasteiger partial charge in [-0.15, -0.1) is 11.3 Å². The van der Waals surface area contributed by atoms with Crippen LogP contribution in [-0.2, 0) is 6.42 Å². The zero-order valence-electron chi connectivity index (χ0n) is 17.0. The average molecular weight is 466 g/mol. The highest BCUT2D eigenvalue weighted by Crippen LogP contribution is 2.30. The number of fused-ring (bicyclic) bond motifs is 2. The average Bonchev–Trinajstić information content (AvgIpc) is 3.40. The molecule has 0 aliphatic rings. The van der Waals surface area contributed by atoms with Crippen molar-refractivity contribution in [3.63, 3.8) is 0 Å². The molecule has 0 spiro atoms. The molecule has 5 aromatic rings. The molecule has 0 aliphatic carbocycles. The Kier molecular flexibility index (Phi) is 4.86. The molecule has 0 saturated carbocycles. The predicted molar refractivity (Wildman–Crippen MR) is 121 cm³/mol. The number of carbonyl (C=O) groups is 1. The molecule has 3 aromatic heterocycles. The number of H-pyrrole nitrogens is 1. The van der Waals surface area contributed by atoms with Crippen molar-refractivity contribution >= 4 is 39.2 Å². The molecule has 2 aromatic carbocycles. The number of aromatic amines is 1. The van der Waals surface area contributed by atoms with E-state index < -0.39 is 23.0 Å². The number of methoxy groups -OCH3 is 1. The van der Waals surface area contributed by atoms with E-state index in [-0.39, 0.29) is 33.6 Å². The number of thiophene rings is 1. The summed E-state index contributed by atoms with van der Waals surface area (Å²) >= 11 is 0.808. The van der Waals surface area contributed by atoms with Crippen LogP contribution in [0.4, 0.5) is 4.39 Å². The van der Waals surface area contributed by atoms with Gasteiger partial charge in [-0.05, 0) is 12.1 Å². The molecule has 33 heavy (non-hydrogen) atoms. The summed E-state index contributed by atoms with van der Waals surface area (Å²) in [6.07, 6.45) is 1.86. The minimum absolute atomic E-state index is 0.0858. The number of aromatic nitrogens is 2. The molecule has 0 fully saturated rings. The first kappa shape index (κ1) is 20.7. The normalized spacial score (nSPS) is 11.3. The van der Waals surface area contributed by atoms with Gasteiger partial charge in [0, 0.05) is 34.4 Å². The summed E-state index contributed by atoms with van der Waals surface area (Å²) in [6, 6.07) is 9.86. The number of benzene rings is 2. The summed E-state index contributed by atoms with van der Waals surface area (Å²) in [5, 5.41) is 11.4. The molecule has 0 atom stereocenters. The van der Waals surface area contributed by atoms with Crippen LogP contribution in [0, 0.1) is 5.82 Å². The lowest BCUT2D eigenvalue weighted by molar-refractivity contribution is 0.0704. The van der Waals surface area contributed by atoms with E-state index in [1.165, 1.54) is 18.6 Å². The Hall–Kier alpha value is -4.18. The van der Waals surface area contributed by atoms with Crippen LogP contribution in [0.25, 0.3) is 27.6 Å². The van der Waals surface area contributed by atoms with Gasteiger partial charge in [0.25, 0.3) is 5.56 Å². The van der Waals surface area contributed by atoms with Crippen LogP contribution in [-0.4, -0.2) is 27.7 Å². The van der Waals surface area contributed by atoms with E-state index in [2.05, 4.69) is 4.98 Å². The van der Waals surface area contributed by atoms with Crippen LogP contribution < -0.4 is 16.0 Å². The Morgan fingerprint density at radius 2 is 2.03 bits per heavy atom. The van der Waals surface area contributed by atoms with Crippen LogP contribution in [0.15, 0.2) is 62.0 Å².